The van der Waals surface area contributed by atoms with Gasteiger partial charge >= 0.3 is 11.7 Å². The Morgan fingerprint density at radius 3 is 2.84 bits per heavy atom. The maximum atomic E-state index is 13.0. The highest BCUT2D eigenvalue weighted by Crippen LogP contribution is 2.56. The number of nitrogens with one attached hydrogen (secondary N) is 3. The molecule has 0 aromatic carbocycles. The topological polar surface area (TPSA) is 121 Å². The average molecular weight is 425 g/mol. The van der Waals surface area contributed by atoms with Gasteiger partial charge in [0.2, 0.25) is 0 Å². The minimum atomic E-state index is -1.65. The first-order valence-electron chi connectivity index (χ1n) is 11.1. The summed E-state index contributed by atoms with van der Waals surface area (Å²) < 4.78 is 5.32. The van der Waals surface area contributed by atoms with Crippen molar-refractivity contribution in [2.45, 2.75) is 56.4 Å². The second kappa shape index (κ2) is 6.67. The highest BCUT2D eigenvalue weighted by Gasteiger charge is 2.55. The van der Waals surface area contributed by atoms with E-state index in [0.29, 0.717) is 23.3 Å². The van der Waals surface area contributed by atoms with Crippen LogP contribution in [0.1, 0.15) is 44.6 Å². The van der Waals surface area contributed by atoms with E-state index in [4.69, 9.17) is 9.57 Å². The number of hydroxylamine groups is 1. The lowest BCUT2D eigenvalue weighted by Gasteiger charge is -2.58. The highest BCUT2D eigenvalue weighted by atomic mass is 16.7. The van der Waals surface area contributed by atoms with Crippen molar-refractivity contribution in [1.82, 2.24) is 15.4 Å². The molecule has 0 spiro atoms. The summed E-state index contributed by atoms with van der Waals surface area (Å²) in [5.41, 5.74) is 2.46. The molecule has 4 N–H and O–H groups in total. The Kier molecular flexibility index (Phi) is 4.10. The molecule has 9 heteroatoms. The molecule has 0 amide bonds. The molecule has 2 aromatic heterocycles. The number of aromatic amines is 1. The van der Waals surface area contributed by atoms with Crippen molar-refractivity contribution < 1.29 is 19.5 Å². The molecule has 7 rings (SSSR count). The fourth-order valence-corrected chi connectivity index (χ4v) is 6.62. The summed E-state index contributed by atoms with van der Waals surface area (Å²) in [6.45, 7) is 1.97. The summed E-state index contributed by atoms with van der Waals surface area (Å²) in [6, 6.07) is 2.16. The van der Waals surface area contributed by atoms with E-state index in [1.807, 2.05) is 12.3 Å². The lowest BCUT2D eigenvalue weighted by atomic mass is 9.52. The molecule has 5 aliphatic rings. The molecule has 0 saturated heterocycles. The number of rotatable bonds is 5. The third-order valence-electron chi connectivity index (χ3n) is 7.56. The zero-order valence-corrected chi connectivity index (χ0v) is 17.4. The van der Waals surface area contributed by atoms with E-state index in [1.165, 1.54) is 6.34 Å². The van der Waals surface area contributed by atoms with Crippen LogP contribution in [0.15, 0.2) is 23.5 Å². The van der Waals surface area contributed by atoms with Crippen molar-refractivity contribution in [2.24, 2.45) is 22.7 Å². The Morgan fingerprint density at radius 2 is 2.16 bits per heavy atom. The number of nitrogens with zero attached hydrogens (tertiary/aromatic N) is 2. The van der Waals surface area contributed by atoms with E-state index in [2.05, 4.69) is 25.8 Å². The number of fused-ring (bicyclic) bond motifs is 1. The number of carbonyl (C=O) groups excluding carboxylic acids is 1. The summed E-state index contributed by atoms with van der Waals surface area (Å²) in [5.74, 6) is 0.824. The number of aliphatic imine (C=N–C) groups is 1. The number of hydrogen-bond donors (Lipinski definition) is 4. The predicted octanol–water partition coefficient (Wildman–Crippen LogP) is 2.19. The predicted molar refractivity (Wildman–Crippen MR) is 113 cm³/mol. The molecule has 31 heavy (non-hydrogen) atoms. The van der Waals surface area contributed by atoms with Crippen LogP contribution >= 0.6 is 0 Å². The van der Waals surface area contributed by atoms with E-state index in [1.54, 1.807) is 13.1 Å². The zero-order chi connectivity index (χ0) is 21.2. The first-order chi connectivity index (χ1) is 15.0. The summed E-state index contributed by atoms with van der Waals surface area (Å²) >= 11 is 0. The van der Waals surface area contributed by atoms with Crippen molar-refractivity contribution >= 4 is 29.0 Å². The van der Waals surface area contributed by atoms with Crippen LogP contribution < -0.4 is 10.8 Å². The van der Waals surface area contributed by atoms with Gasteiger partial charge in [0.15, 0.2) is 0 Å². The van der Waals surface area contributed by atoms with Crippen LogP contribution in [0.2, 0.25) is 0 Å². The zero-order valence-electron chi connectivity index (χ0n) is 17.4. The van der Waals surface area contributed by atoms with Crippen LogP contribution in [0.5, 0.6) is 0 Å². The van der Waals surface area contributed by atoms with Gasteiger partial charge in [-0.15, -0.1) is 0 Å². The molecule has 1 aliphatic heterocycles. The molecular formula is C22H27N5O4. The van der Waals surface area contributed by atoms with Gasteiger partial charge in [-0.05, 0) is 62.8 Å². The number of H-pyrrole nitrogens is 1. The summed E-state index contributed by atoms with van der Waals surface area (Å²) in [7, 11) is 0. The number of aromatic nitrogens is 2. The quantitative estimate of drug-likeness (QED) is 0.542. The smallest absolute Gasteiger partial charge is 0.369 e. The SMILES string of the molecule is CCOC(=O)C1(c2cnc3[nH]ccc3c2NC2[C@@H]3CC4C[C@H]2CC(O)(C4)C3)N=CNO1. The Hall–Kier alpha value is -2.65. The van der Waals surface area contributed by atoms with Gasteiger partial charge in [0.25, 0.3) is 0 Å². The largest absolute Gasteiger partial charge is 0.462 e. The average Bonchev–Trinajstić information content (AvgIpc) is 3.40. The lowest BCUT2D eigenvalue weighted by Crippen LogP contribution is -2.59. The number of carbonyl (C=O) groups is 1. The number of anilines is 1. The second-order valence-corrected chi connectivity index (χ2v) is 9.49. The van der Waals surface area contributed by atoms with Crippen LogP contribution in [-0.4, -0.2) is 45.6 Å². The van der Waals surface area contributed by atoms with Gasteiger partial charge in [-0.3, -0.25) is 5.48 Å². The molecule has 4 fully saturated rings. The first-order valence-corrected chi connectivity index (χ1v) is 11.1. The molecule has 164 valence electrons. The van der Waals surface area contributed by atoms with E-state index >= 15 is 0 Å². The van der Waals surface area contributed by atoms with Crippen LogP contribution in [0, 0.1) is 17.8 Å². The molecule has 2 aromatic rings. The molecule has 4 aliphatic carbocycles. The summed E-state index contributed by atoms with van der Waals surface area (Å²) in [4.78, 5) is 30.6. The van der Waals surface area contributed by atoms with E-state index in [9.17, 15) is 9.90 Å². The molecule has 4 unspecified atom stereocenters. The fourth-order valence-electron chi connectivity index (χ4n) is 6.62. The van der Waals surface area contributed by atoms with Crippen molar-refractivity contribution in [3.63, 3.8) is 0 Å². The third-order valence-corrected chi connectivity index (χ3v) is 7.56. The Labute approximate surface area is 179 Å². The maximum Gasteiger partial charge on any atom is 0.369 e. The molecule has 4 saturated carbocycles. The summed E-state index contributed by atoms with van der Waals surface area (Å²) in [6.07, 6.45) is 9.68. The molecule has 9 nitrogen and oxygen atoms in total. The van der Waals surface area contributed by atoms with E-state index in [-0.39, 0.29) is 12.6 Å². The Morgan fingerprint density at radius 1 is 1.35 bits per heavy atom. The molecule has 3 heterocycles. The summed E-state index contributed by atoms with van der Waals surface area (Å²) in [5, 5.41) is 15.6. The molecule has 6 atom stereocenters. The van der Waals surface area contributed by atoms with E-state index < -0.39 is 17.3 Å². The van der Waals surface area contributed by atoms with Gasteiger partial charge in [-0.1, -0.05) is 0 Å². The van der Waals surface area contributed by atoms with Crippen molar-refractivity contribution in [2.75, 3.05) is 11.9 Å². The monoisotopic (exact) mass is 425 g/mol. The normalized spacial score (nSPS) is 37.9. The third kappa shape index (κ3) is 2.79. The molecule has 4 bridgehead atoms. The standard InChI is InChI=1S/C22H27N5O4/c1-2-30-20(28)22(25-11-26-31-22)16-10-24-19-15(3-4-23-19)18(16)27-17-13-5-12-6-14(17)9-21(29,7-12)8-13/h3-4,10-14,17,29H,2,5-9H2,1H3,(H,25,26)(H2,23,24,27)/t12?,13-,14+,17?,21?,22?. The first kappa shape index (κ1) is 19.1. The Bertz CT molecular complexity index is 1050. The number of hydrogen-bond acceptors (Lipinski definition) is 8. The van der Waals surface area contributed by atoms with Crippen molar-refractivity contribution in [3.8, 4) is 0 Å². The molecular weight excluding hydrogens is 398 g/mol. The van der Waals surface area contributed by atoms with Crippen LogP contribution in [0.4, 0.5) is 5.69 Å². The number of aliphatic hydroxyl groups is 1. The fraction of sp³-hybridized carbons (Fsp3) is 0.591. The van der Waals surface area contributed by atoms with Crippen molar-refractivity contribution in [3.05, 3.63) is 24.0 Å². The minimum absolute atomic E-state index is 0.216. The van der Waals surface area contributed by atoms with Gasteiger partial charge in [-0.25, -0.2) is 19.6 Å². The van der Waals surface area contributed by atoms with Gasteiger partial charge in [0.05, 0.1) is 23.5 Å². The van der Waals surface area contributed by atoms with E-state index in [0.717, 1.165) is 48.8 Å². The lowest BCUT2D eigenvalue weighted by molar-refractivity contribution is -0.175. The van der Waals surface area contributed by atoms with Gasteiger partial charge in [0, 0.05) is 23.8 Å². The van der Waals surface area contributed by atoms with Gasteiger partial charge in [0.1, 0.15) is 12.0 Å². The maximum absolute atomic E-state index is 13.0. The van der Waals surface area contributed by atoms with Crippen LogP contribution in [-0.2, 0) is 20.1 Å². The van der Waals surface area contributed by atoms with Crippen LogP contribution in [0.25, 0.3) is 11.0 Å². The molecule has 0 radical (unpaired) electrons. The Balaban J connectivity index is 1.44. The van der Waals surface area contributed by atoms with Gasteiger partial charge < -0.3 is 20.1 Å². The number of pyridine rings is 1. The van der Waals surface area contributed by atoms with Crippen LogP contribution in [0.3, 0.4) is 0 Å². The number of esters is 1. The number of ether oxygens (including phenoxy) is 1. The van der Waals surface area contributed by atoms with Gasteiger partial charge in [-0.2, -0.15) is 0 Å². The second-order valence-electron chi connectivity index (χ2n) is 9.49. The minimum Gasteiger partial charge on any atom is -0.462 e. The highest BCUT2D eigenvalue weighted by molar-refractivity contribution is 5.96. The van der Waals surface area contributed by atoms with Crippen molar-refractivity contribution in [1.29, 1.82) is 0 Å².